The third kappa shape index (κ3) is 4.91. The van der Waals surface area contributed by atoms with Crippen molar-refractivity contribution < 1.29 is 14.1 Å². The minimum Gasteiger partial charge on any atom is -0.361 e. The van der Waals surface area contributed by atoms with E-state index in [1.807, 2.05) is 0 Å². The lowest BCUT2D eigenvalue weighted by molar-refractivity contribution is -0.384. The molecule has 4 rings (SSSR count). The van der Waals surface area contributed by atoms with Crippen molar-refractivity contribution in [3.63, 3.8) is 0 Å². The number of aromatic nitrogens is 1. The molecule has 8 heteroatoms. The highest BCUT2D eigenvalue weighted by Crippen LogP contribution is 2.35. The maximum absolute atomic E-state index is 13.5. The van der Waals surface area contributed by atoms with Crippen LogP contribution in [0.15, 0.2) is 48.7 Å². The van der Waals surface area contributed by atoms with Crippen molar-refractivity contribution in [3.05, 3.63) is 75.7 Å². The Hall–Kier alpha value is -3.26. The Bertz CT molecular complexity index is 1070. The summed E-state index contributed by atoms with van der Waals surface area (Å²) in [6, 6.07) is 10.7. The normalized spacial score (nSPS) is 15.3. The molecule has 1 amide bonds. The van der Waals surface area contributed by atoms with Gasteiger partial charge in [-0.15, -0.1) is 0 Å². The van der Waals surface area contributed by atoms with Gasteiger partial charge < -0.3 is 15.2 Å². The highest BCUT2D eigenvalue weighted by atomic mass is 19.1. The first-order valence-corrected chi connectivity index (χ1v) is 10.5. The van der Waals surface area contributed by atoms with Crippen molar-refractivity contribution in [2.24, 2.45) is 0 Å². The number of nitrogens with one attached hydrogen (secondary N) is 2. The number of carbonyl (C=O) groups is 1. The van der Waals surface area contributed by atoms with Crippen LogP contribution >= 0.6 is 0 Å². The fourth-order valence-corrected chi connectivity index (χ4v) is 4.25. The first-order chi connectivity index (χ1) is 15.0. The number of likely N-dealkylation sites (tertiary alicyclic amines) is 1. The van der Waals surface area contributed by atoms with E-state index in [4.69, 9.17) is 0 Å². The van der Waals surface area contributed by atoms with E-state index >= 15 is 0 Å². The van der Waals surface area contributed by atoms with Gasteiger partial charge in [-0.25, -0.2) is 4.39 Å². The zero-order valence-electron chi connectivity index (χ0n) is 17.1. The summed E-state index contributed by atoms with van der Waals surface area (Å²) in [7, 11) is 0. The van der Waals surface area contributed by atoms with E-state index in [9.17, 15) is 19.3 Å². The minimum absolute atomic E-state index is 0.0127. The summed E-state index contributed by atoms with van der Waals surface area (Å²) >= 11 is 0. The number of fused-ring (bicyclic) bond motifs is 1. The van der Waals surface area contributed by atoms with Crippen LogP contribution in [0.4, 0.5) is 10.1 Å². The Morgan fingerprint density at radius 1 is 1.19 bits per heavy atom. The molecular weight excluding hydrogens is 399 g/mol. The molecule has 2 N–H and O–H groups in total. The van der Waals surface area contributed by atoms with Crippen LogP contribution in [0.3, 0.4) is 0 Å². The highest BCUT2D eigenvalue weighted by molar-refractivity contribution is 5.87. The molecular formula is C23H25FN4O3. The number of rotatable bonds is 8. The molecule has 0 unspecified atom stereocenters. The zero-order chi connectivity index (χ0) is 21.8. The molecule has 3 aromatic rings. The monoisotopic (exact) mass is 424 g/mol. The lowest BCUT2D eigenvalue weighted by atomic mass is 9.88. The number of aromatic amines is 1. The Morgan fingerprint density at radius 2 is 1.94 bits per heavy atom. The molecule has 2 aromatic carbocycles. The number of benzene rings is 2. The average Bonchev–Trinajstić information content (AvgIpc) is 3.42. The quantitative estimate of drug-likeness (QED) is 0.423. The lowest BCUT2D eigenvalue weighted by Gasteiger charge is -2.19. The number of hydrogen-bond donors (Lipinski definition) is 2. The van der Waals surface area contributed by atoms with Crippen molar-refractivity contribution in [1.82, 2.24) is 15.2 Å². The number of amides is 1. The minimum atomic E-state index is -0.436. The summed E-state index contributed by atoms with van der Waals surface area (Å²) in [6.45, 7) is 3.55. The predicted octanol–water partition coefficient (Wildman–Crippen LogP) is 3.95. The van der Waals surface area contributed by atoms with E-state index in [-0.39, 0.29) is 29.8 Å². The van der Waals surface area contributed by atoms with Crippen molar-refractivity contribution in [2.45, 2.75) is 25.2 Å². The summed E-state index contributed by atoms with van der Waals surface area (Å²) in [6.07, 6.45) is 4.35. The van der Waals surface area contributed by atoms with Gasteiger partial charge in [0.25, 0.3) is 5.69 Å². The molecule has 0 radical (unpaired) electrons. The molecule has 31 heavy (non-hydrogen) atoms. The smallest absolute Gasteiger partial charge is 0.270 e. The summed E-state index contributed by atoms with van der Waals surface area (Å²) in [5, 5.41) is 14.9. The van der Waals surface area contributed by atoms with Crippen LogP contribution in [0.5, 0.6) is 0 Å². The molecule has 162 valence electrons. The van der Waals surface area contributed by atoms with Gasteiger partial charge in [0.15, 0.2) is 0 Å². The third-order valence-electron chi connectivity index (χ3n) is 5.89. The topological polar surface area (TPSA) is 91.3 Å². The molecule has 1 aliphatic rings. The van der Waals surface area contributed by atoms with E-state index in [1.54, 1.807) is 24.4 Å². The van der Waals surface area contributed by atoms with Crippen LogP contribution in [0.25, 0.3) is 10.9 Å². The third-order valence-corrected chi connectivity index (χ3v) is 5.89. The second kappa shape index (κ2) is 9.26. The van der Waals surface area contributed by atoms with Gasteiger partial charge in [0, 0.05) is 54.7 Å². The second-order valence-electron chi connectivity index (χ2n) is 7.94. The Morgan fingerprint density at radius 3 is 2.65 bits per heavy atom. The van der Waals surface area contributed by atoms with Gasteiger partial charge in [-0.2, -0.15) is 0 Å². The number of halogens is 1. The first kappa shape index (κ1) is 21.0. The number of hydrogen-bond acceptors (Lipinski definition) is 4. The van der Waals surface area contributed by atoms with Crippen LogP contribution in [-0.4, -0.2) is 46.9 Å². The Kier molecular flexibility index (Phi) is 6.27. The molecule has 0 aliphatic carbocycles. The molecule has 2 heterocycles. The van der Waals surface area contributed by atoms with E-state index < -0.39 is 4.92 Å². The molecule has 1 aliphatic heterocycles. The summed E-state index contributed by atoms with van der Waals surface area (Å²) in [4.78, 5) is 29.0. The summed E-state index contributed by atoms with van der Waals surface area (Å²) in [5.41, 5.74) is 2.30. The number of non-ortho nitro benzene ring substituents is 1. The average molecular weight is 424 g/mol. The van der Waals surface area contributed by atoms with Gasteiger partial charge in [-0.1, -0.05) is 12.1 Å². The van der Waals surface area contributed by atoms with Crippen LogP contribution in [0.2, 0.25) is 0 Å². The number of H-pyrrole nitrogens is 1. The van der Waals surface area contributed by atoms with Gasteiger partial charge in [0.1, 0.15) is 5.82 Å². The molecule has 1 aromatic heterocycles. The van der Waals surface area contributed by atoms with Crippen LogP contribution < -0.4 is 5.32 Å². The molecule has 0 saturated carbocycles. The van der Waals surface area contributed by atoms with Gasteiger partial charge >= 0.3 is 0 Å². The van der Waals surface area contributed by atoms with Crippen molar-refractivity contribution >= 4 is 22.5 Å². The number of carbonyl (C=O) groups excluding carboxylic acids is 1. The standard InChI is InChI=1S/C23H25FN4O3/c24-17-5-3-16(4-6-17)19(14-23(29)25-9-12-27-10-1-2-11-27)21-15-26-22-8-7-18(28(30)31)13-20(21)22/h3-8,13,15,19,26H,1-2,9-12,14H2,(H,25,29)/t19-/m0/s1. The molecule has 7 nitrogen and oxygen atoms in total. The van der Waals surface area contributed by atoms with E-state index in [2.05, 4.69) is 15.2 Å². The predicted molar refractivity (Wildman–Crippen MR) is 116 cm³/mol. The van der Waals surface area contributed by atoms with Crippen molar-refractivity contribution in [1.29, 1.82) is 0 Å². The molecule has 1 atom stereocenters. The van der Waals surface area contributed by atoms with E-state index in [0.29, 0.717) is 11.9 Å². The highest BCUT2D eigenvalue weighted by Gasteiger charge is 2.23. The second-order valence-corrected chi connectivity index (χ2v) is 7.94. The molecule has 1 saturated heterocycles. The van der Waals surface area contributed by atoms with E-state index in [1.165, 1.54) is 37.1 Å². The first-order valence-electron chi connectivity index (χ1n) is 10.5. The molecule has 0 spiro atoms. The van der Waals surface area contributed by atoms with Crippen molar-refractivity contribution in [2.75, 3.05) is 26.2 Å². The fraction of sp³-hybridized carbons (Fsp3) is 0.348. The summed E-state index contributed by atoms with van der Waals surface area (Å²) < 4.78 is 13.5. The van der Waals surface area contributed by atoms with Crippen molar-refractivity contribution in [3.8, 4) is 0 Å². The SMILES string of the molecule is O=C(C[C@@H](c1ccc(F)cc1)c1c[nH]c2ccc([N+](=O)[O-])cc12)NCCN1CCCC1. The van der Waals surface area contributed by atoms with Gasteiger partial charge in [-0.05, 0) is 55.3 Å². The van der Waals surface area contributed by atoms with Gasteiger partial charge in [0.05, 0.1) is 4.92 Å². The van der Waals surface area contributed by atoms with Gasteiger partial charge in [-0.3, -0.25) is 14.9 Å². The Balaban J connectivity index is 1.58. The molecule has 0 bridgehead atoms. The zero-order valence-corrected chi connectivity index (χ0v) is 17.1. The number of nitro benzene ring substituents is 1. The van der Waals surface area contributed by atoms with Crippen LogP contribution in [-0.2, 0) is 4.79 Å². The van der Waals surface area contributed by atoms with Crippen LogP contribution in [0.1, 0.15) is 36.3 Å². The number of nitrogens with zero attached hydrogens (tertiary/aromatic N) is 2. The maximum atomic E-state index is 13.5. The maximum Gasteiger partial charge on any atom is 0.270 e. The van der Waals surface area contributed by atoms with E-state index in [0.717, 1.165) is 36.3 Å². The van der Waals surface area contributed by atoms with Crippen LogP contribution in [0, 0.1) is 15.9 Å². The van der Waals surface area contributed by atoms with Gasteiger partial charge in [0.2, 0.25) is 5.91 Å². The Labute approximate surface area is 179 Å². The fourth-order valence-electron chi connectivity index (χ4n) is 4.25. The number of nitro groups is 1. The summed E-state index contributed by atoms with van der Waals surface area (Å²) in [5.74, 6) is -0.816. The lowest BCUT2D eigenvalue weighted by Crippen LogP contribution is -2.34. The molecule has 1 fully saturated rings. The largest absolute Gasteiger partial charge is 0.361 e.